The van der Waals surface area contributed by atoms with E-state index in [1.165, 1.54) is 34.8 Å². The molecule has 19 heavy (non-hydrogen) atoms. The molecule has 1 aromatic carbocycles. The largest absolute Gasteiger partial charge is 0.388 e. The van der Waals surface area contributed by atoms with Crippen LogP contribution >= 0.6 is 11.3 Å². The van der Waals surface area contributed by atoms with Crippen LogP contribution in [0.25, 0.3) is 0 Å². The number of aromatic nitrogens is 1. The van der Waals surface area contributed by atoms with E-state index < -0.39 is 0 Å². The van der Waals surface area contributed by atoms with Crippen molar-refractivity contribution in [2.24, 2.45) is 0 Å². The quantitative estimate of drug-likeness (QED) is 0.889. The van der Waals surface area contributed by atoms with Gasteiger partial charge in [0.25, 0.3) is 0 Å². The maximum Gasteiger partial charge on any atom is 0.0993 e. The Morgan fingerprint density at radius 1 is 1.26 bits per heavy atom. The molecular formula is C16H20N2S. The maximum atomic E-state index is 4.80. The first-order valence-corrected chi connectivity index (χ1v) is 7.85. The Bertz CT molecular complexity index is 552. The third kappa shape index (κ3) is 2.52. The second kappa shape index (κ2) is 4.97. The molecule has 0 atom stereocenters. The predicted octanol–water partition coefficient (Wildman–Crippen LogP) is 4.02. The van der Waals surface area contributed by atoms with Crippen LogP contribution in [0.15, 0.2) is 29.6 Å². The summed E-state index contributed by atoms with van der Waals surface area (Å²) in [5.41, 5.74) is 4.19. The number of hydrogen-bond donors (Lipinski definition) is 1. The van der Waals surface area contributed by atoms with Crippen LogP contribution < -0.4 is 5.32 Å². The van der Waals surface area contributed by atoms with Crippen molar-refractivity contribution in [3.63, 3.8) is 0 Å². The highest BCUT2D eigenvalue weighted by atomic mass is 32.1. The minimum absolute atomic E-state index is 0.346. The summed E-state index contributed by atoms with van der Waals surface area (Å²) in [5, 5.41) is 6.74. The van der Waals surface area contributed by atoms with E-state index in [4.69, 9.17) is 4.98 Å². The molecule has 3 heteroatoms. The van der Waals surface area contributed by atoms with Crippen molar-refractivity contribution in [3.8, 4) is 0 Å². The maximum absolute atomic E-state index is 4.80. The lowest BCUT2D eigenvalue weighted by atomic mass is 9.97. The first-order valence-electron chi connectivity index (χ1n) is 6.97. The van der Waals surface area contributed by atoms with E-state index in [0.717, 1.165) is 12.8 Å². The van der Waals surface area contributed by atoms with E-state index in [9.17, 15) is 0 Å². The second-order valence-corrected chi connectivity index (χ2v) is 6.26. The first kappa shape index (κ1) is 12.7. The van der Waals surface area contributed by atoms with Gasteiger partial charge in [0.1, 0.15) is 0 Å². The van der Waals surface area contributed by atoms with Gasteiger partial charge in [-0.1, -0.05) is 19.1 Å². The number of rotatable bonds is 5. The molecule has 1 aliphatic carbocycles. The van der Waals surface area contributed by atoms with Gasteiger partial charge in [-0.05, 0) is 43.4 Å². The number of nitrogens with one attached hydrogen (secondary N) is 1. The molecule has 0 bridgehead atoms. The fourth-order valence-electron chi connectivity index (χ4n) is 2.51. The smallest absolute Gasteiger partial charge is 0.0993 e. The Morgan fingerprint density at radius 2 is 2.00 bits per heavy atom. The molecule has 1 N–H and O–H groups in total. The third-order valence-corrected chi connectivity index (χ3v) is 5.14. The zero-order valence-electron chi connectivity index (χ0n) is 11.6. The molecule has 3 rings (SSSR count). The zero-order chi connectivity index (χ0) is 13.3. The van der Waals surface area contributed by atoms with Gasteiger partial charge in [0.05, 0.1) is 10.7 Å². The molecule has 0 radical (unpaired) electrons. The highest BCUT2D eigenvalue weighted by molar-refractivity contribution is 7.09. The van der Waals surface area contributed by atoms with Crippen LogP contribution in [-0.2, 0) is 18.3 Å². The molecule has 0 unspecified atom stereocenters. The first-order chi connectivity index (χ1) is 9.25. The van der Waals surface area contributed by atoms with Crippen LogP contribution in [0.4, 0.5) is 5.69 Å². The molecule has 1 heterocycles. The fraction of sp³-hybridized carbons (Fsp3) is 0.438. The Labute approximate surface area is 118 Å². The number of hydrogen-bond acceptors (Lipinski definition) is 3. The summed E-state index contributed by atoms with van der Waals surface area (Å²) in [5.74, 6) is 0. The van der Waals surface area contributed by atoms with Crippen molar-refractivity contribution >= 4 is 17.0 Å². The van der Waals surface area contributed by atoms with Gasteiger partial charge in [0.15, 0.2) is 0 Å². The van der Waals surface area contributed by atoms with E-state index in [1.54, 1.807) is 0 Å². The molecule has 1 aliphatic rings. The summed E-state index contributed by atoms with van der Waals surface area (Å²) < 4.78 is 0. The SMILES string of the molecule is CCc1csc(C2(Cc3ccc(NC)cc3)CC2)n1. The average molecular weight is 272 g/mol. The van der Waals surface area contributed by atoms with Gasteiger partial charge in [-0.2, -0.15) is 0 Å². The molecule has 1 saturated carbocycles. The van der Waals surface area contributed by atoms with Gasteiger partial charge < -0.3 is 5.32 Å². The Hall–Kier alpha value is -1.35. The summed E-state index contributed by atoms with van der Waals surface area (Å²) in [6.45, 7) is 2.18. The van der Waals surface area contributed by atoms with E-state index in [2.05, 4.69) is 41.9 Å². The number of thiazole rings is 1. The van der Waals surface area contributed by atoms with Crippen LogP contribution in [0.3, 0.4) is 0 Å². The van der Waals surface area contributed by atoms with E-state index in [0.29, 0.717) is 5.41 Å². The standard InChI is InChI=1S/C16H20N2S/c1-3-13-11-19-15(18-13)16(8-9-16)10-12-4-6-14(17-2)7-5-12/h4-7,11,17H,3,8-10H2,1-2H3. The van der Waals surface area contributed by atoms with Gasteiger partial charge in [-0.25, -0.2) is 4.98 Å². The summed E-state index contributed by atoms with van der Waals surface area (Å²) >= 11 is 1.85. The van der Waals surface area contributed by atoms with E-state index in [-0.39, 0.29) is 0 Å². The monoisotopic (exact) mass is 272 g/mol. The lowest BCUT2D eigenvalue weighted by Crippen LogP contribution is -2.10. The topological polar surface area (TPSA) is 24.9 Å². The second-order valence-electron chi connectivity index (χ2n) is 5.40. The molecule has 1 aromatic heterocycles. The van der Waals surface area contributed by atoms with E-state index in [1.807, 2.05) is 18.4 Å². The lowest BCUT2D eigenvalue weighted by Gasteiger charge is -2.12. The molecule has 2 nitrogen and oxygen atoms in total. The normalized spacial score (nSPS) is 16.3. The van der Waals surface area contributed by atoms with Crippen molar-refractivity contribution < 1.29 is 0 Å². The lowest BCUT2D eigenvalue weighted by molar-refractivity contribution is 0.677. The van der Waals surface area contributed by atoms with Crippen molar-refractivity contribution in [1.82, 2.24) is 4.98 Å². The van der Waals surface area contributed by atoms with Crippen LogP contribution in [0.5, 0.6) is 0 Å². The summed E-state index contributed by atoms with van der Waals surface area (Å²) in [4.78, 5) is 4.80. The predicted molar refractivity (Wildman–Crippen MR) is 82.1 cm³/mol. The van der Waals surface area contributed by atoms with Crippen LogP contribution in [0.1, 0.15) is 36.0 Å². The number of anilines is 1. The minimum Gasteiger partial charge on any atom is -0.388 e. The van der Waals surface area contributed by atoms with Gasteiger partial charge in [-0.15, -0.1) is 11.3 Å². The molecule has 2 aromatic rings. The molecular weight excluding hydrogens is 252 g/mol. The zero-order valence-corrected chi connectivity index (χ0v) is 12.4. The number of aryl methyl sites for hydroxylation is 1. The Morgan fingerprint density at radius 3 is 2.53 bits per heavy atom. The van der Waals surface area contributed by atoms with Crippen molar-refractivity contribution in [1.29, 1.82) is 0 Å². The Kier molecular flexibility index (Phi) is 3.31. The van der Waals surface area contributed by atoms with Gasteiger partial charge in [0, 0.05) is 23.5 Å². The van der Waals surface area contributed by atoms with Crippen LogP contribution in [-0.4, -0.2) is 12.0 Å². The minimum atomic E-state index is 0.346. The summed E-state index contributed by atoms with van der Waals surface area (Å²) in [6, 6.07) is 8.79. The van der Waals surface area contributed by atoms with Gasteiger partial charge in [-0.3, -0.25) is 0 Å². The molecule has 0 amide bonds. The highest BCUT2D eigenvalue weighted by Crippen LogP contribution is 2.51. The molecule has 0 aliphatic heterocycles. The van der Waals surface area contributed by atoms with Gasteiger partial charge >= 0.3 is 0 Å². The fourth-order valence-corrected chi connectivity index (χ4v) is 3.67. The summed E-state index contributed by atoms with van der Waals surface area (Å²) in [6.07, 6.45) is 4.76. The Balaban J connectivity index is 1.77. The summed E-state index contributed by atoms with van der Waals surface area (Å²) in [7, 11) is 1.96. The van der Waals surface area contributed by atoms with Gasteiger partial charge in [0.2, 0.25) is 0 Å². The molecule has 100 valence electrons. The van der Waals surface area contributed by atoms with Crippen LogP contribution in [0.2, 0.25) is 0 Å². The van der Waals surface area contributed by atoms with Crippen molar-refractivity contribution in [2.75, 3.05) is 12.4 Å². The number of benzene rings is 1. The molecule has 0 spiro atoms. The van der Waals surface area contributed by atoms with Crippen molar-refractivity contribution in [2.45, 2.75) is 38.0 Å². The van der Waals surface area contributed by atoms with E-state index >= 15 is 0 Å². The molecule has 1 fully saturated rings. The third-order valence-electron chi connectivity index (χ3n) is 4.01. The number of nitrogens with zero attached hydrogens (tertiary/aromatic N) is 1. The van der Waals surface area contributed by atoms with Crippen LogP contribution in [0, 0.1) is 0 Å². The average Bonchev–Trinajstić information content (AvgIpc) is 3.06. The molecule has 0 saturated heterocycles. The van der Waals surface area contributed by atoms with Crippen molar-refractivity contribution in [3.05, 3.63) is 45.9 Å². The highest BCUT2D eigenvalue weighted by Gasteiger charge is 2.46.